The molecule has 1 aliphatic rings. The van der Waals surface area contributed by atoms with Crippen LogP contribution in [0.5, 0.6) is 0 Å². The maximum absolute atomic E-state index is 12.0. The molecule has 0 aliphatic carbocycles. The van der Waals surface area contributed by atoms with Gasteiger partial charge in [-0.2, -0.15) is 5.26 Å². The number of rotatable bonds is 7. The van der Waals surface area contributed by atoms with E-state index in [4.69, 9.17) is 5.26 Å². The summed E-state index contributed by atoms with van der Waals surface area (Å²) in [6, 6.07) is 9.93. The van der Waals surface area contributed by atoms with Crippen LogP contribution in [-0.2, 0) is 16.6 Å². The number of sulfonamides is 1. The van der Waals surface area contributed by atoms with Crippen molar-refractivity contribution in [2.45, 2.75) is 50.4 Å². The van der Waals surface area contributed by atoms with Crippen LogP contribution in [0.4, 0.5) is 5.69 Å². The summed E-state index contributed by atoms with van der Waals surface area (Å²) in [4.78, 5) is 4.56. The van der Waals surface area contributed by atoms with Crippen molar-refractivity contribution in [3.63, 3.8) is 0 Å². The Kier molecular flexibility index (Phi) is 6.67. The van der Waals surface area contributed by atoms with Crippen LogP contribution in [0, 0.1) is 11.3 Å². The molecule has 0 atom stereocenters. The lowest BCUT2D eigenvalue weighted by Gasteiger charge is -2.45. The molecule has 0 bridgehead atoms. The minimum atomic E-state index is -3.33. The summed E-state index contributed by atoms with van der Waals surface area (Å²) < 4.78 is 26.7. The van der Waals surface area contributed by atoms with Crippen LogP contribution in [0.25, 0.3) is 0 Å². The van der Waals surface area contributed by atoms with E-state index in [2.05, 4.69) is 34.7 Å². The van der Waals surface area contributed by atoms with E-state index in [-0.39, 0.29) is 5.54 Å². The van der Waals surface area contributed by atoms with Crippen molar-refractivity contribution < 1.29 is 8.42 Å². The van der Waals surface area contributed by atoms with E-state index in [1.165, 1.54) is 0 Å². The highest BCUT2D eigenvalue weighted by atomic mass is 32.2. The second-order valence-electron chi connectivity index (χ2n) is 7.63. The van der Waals surface area contributed by atoms with Crippen LogP contribution in [0.2, 0.25) is 0 Å². The summed E-state index contributed by atoms with van der Waals surface area (Å²) in [6.07, 6.45) is 2.49. The topological polar surface area (TPSA) is 76.4 Å². The molecule has 7 heteroatoms. The SMILES string of the molecule is CC(C)S(=O)(=O)Nc1cccc(CN2CCC(CC#N)(N(C)C)CC2)c1. The predicted molar refractivity (Wildman–Crippen MR) is 105 cm³/mol. The molecule has 1 aromatic rings. The molecule has 0 radical (unpaired) electrons. The van der Waals surface area contributed by atoms with Crippen molar-refractivity contribution in [3.8, 4) is 6.07 Å². The lowest BCUT2D eigenvalue weighted by molar-refractivity contribution is 0.0566. The number of hydrogen-bond donors (Lipinski definition) is 1. The molecule has 26 heavy (non-hydrogen) atoms. The van der Waals surface area contributed by atoms with Gasteiger partial charge in [-0.15, -0.1) is 0 Å². The Morgan fingerprint density at radius 3 is 2.50 bits per heavy atom. The largest absolute Gasteiger partial charge is 0.303 e. The summed E-state index contributed by atoms with van der Waals surface area (Å²) in [5.74, 6) is 0. The number of benzene rings is 1. The molecule has 1 aliphatic heterocycles. The number of likely N-dealkylation sites (tertiary alicyclic amines) is 1. The molecule has 0 saturated carbocycles. The van der Waals surface area contributed by atoms with Gasteiger partial charge in [0.1, 0.15) is 0 Å². The number of hydrogen-bond acceptors (Lipinski definition) is 5. The summed E-state index contributed by atoms with van der Waals surface area (Å²) in [5, 5.41) is 8.68. The quantitative estimate of drug-likeness (QED) is 0.789. The average molecular weight is 379 g/mol. The first kappa shape index (κ1) is 20.7. The van der Waals surface area contributed by atoms with Gasteiger partial charge in [0.25, 0.3) is 0 Å². The van der Waals surface area contributed by atoms with Gasteiger partial charge in [0.15, 0.2) is 0 Å². The van der Waals surface area contributed by atoms with Gasteiger partial charge in [-0.1, -0.05) is 12.1 Å². The number of nitriles is 1. The lowest BCUT2D eigenvalue weighted by Crippen LogP contribution is -2.52. The lowest BCUT2D eigenvalue weighted by atomic mass is 9.83. The van der Waals surface area contributed by atoms with Crippen molar-refractivity contribution in [1.82, 2.24) is 9.80 Å². The monoisotopic (exact) mass is 378 g/mol. The average Bonchev–Trinajstić information content (AvgIpc) is 2.56. The fourth-order valence-corrected chi connectivity index (χ4v) is 4.02. The third kappa shape index (κ3) is 4.97. The Morgan fingerprint density at radius 1 is 1.31 bits per heavy atom. The van der Waals surface area contributed by atoms with E-state index in [9.17, 15) is 8.42 Å². The molecule has 0 amide bonds. The van der Waals surface area contributed by atoms with Crippen molar-refractivity contribution in [2.24, 2.45) is 0 Å². The Bertz CT molecular complexity index is 745. The molecule has 0 aromatic heterocycles. The molecule has 1 aromatic carbocycles. The summed E-state index contributed by atoms with van der Waals surface area (Å²) >= 11 is 0. The normalized spacial score (nSPS) is 18.0. The molecule has 1 N–H and O–H groups in total. The van der Waals surface area contributed by atoms with Crippen molar-refractivity contribution >= 4 is 15.7 Å². The fourth-order valence-electron chi connectivity index (χ4n) is 3.33. The molecule has 0 spiro atoms. The molecule has 1 saturated heterocycles. The van der Waals surface area contributed by atoms with Gasteiger partial charge in [-0.3, -0.25) is 9.62 Å². The van der Waals surface area contributed by atoms with E-state index in [1.807, 2.05) is 18.2 Å². The molecule has 0 unspecified atom stereocenters. The summed E-state index contributed by atoms with van der Waals surface area (Å²) in [5.41, 5.74) is 1.67. The molecule has 1 heterocycles. The first-order chi connectivity index (χ1) is 12.2. The molecule has 144 valence electrons. The van der Waals surface area contributed by atoms with E-state index in [0.717, 1.165) is 38.0 Å². The zero-order chi connectivity index (χ0) is 19.4. The Morgan fingerprint density at radius 2 is 1.96 bits per heavy atom. The van der Waals surface area contributed by atoms with Gasteiger partial charge in [-0.05, 0) is 58.5 Å². The van der Waals surface area contributed by atoms with Crippen molar-refractivity contribution in [2.75, 3.05) is 31.9 Å². The molecular formula is C19H30N4O2S. The molecular weight excluding hydrogens is 348 g/mol. The smallest absolute Gasteiger partial charge is 0.235 e. The summed E-state index contributed by atoms with van der Waals surface area (Å²) in [6.45, 7) is 5.98. The van der Waals surface area contributed by atoms with Crippen LogP contribution in [0.15, 0.2) is 24.3 Å². The zero-order valence-electron chi connectivity index (χ0n) is 16.2. The number of nitrogens with one attached hydrogen (secondary N) is 1. The number of anilines is 1. The second-order valence-corrected chi connectivity index (χ2v) is 9.86. The van der Waals surface area contributed by atoms with Crippen molar-refractivity contribution in [1.29, 1.82) is 5.26 Å². The zero-order valence-corrected chi connectivity index (χ0v) is 17.0. The van der Waals surface area contributed by atoms with Gasteiger partial charge < -0.3 is 4.90 Å². The van der Waals surface area contributed by atoms with Gasteiger partial charge in [0.05, 0.1) is 17.7 Å². The van der Waals surface area contributed by atoms with Gasteiger partial charge >= 0.3 is 0 Å². The Hall–Kier alpha value is -1.62. The van der Waals surface area contributed by atoms with Crippen LogP contribution >= 0.6 is 0 Å². The molecule has 1 fully saturated rings. The van der Waals surface area contributed by atoms with E-state index < -0.39 is 15.3 Å². The van der Waals surface area contributed by atoms with E-state index >= 15 is 0 Å². The predicted octanol–water partition coefficient (Wildman–Crippen LogP) is 2.65. The summed E-state index contributed by atoms with van der Waals surface area (Å²) in [7, 11) is 0.774. The number of nitrogens with zero attached hydrogens (tertiary/aromatic N) is 3. The Labute approximate surface area is 157 Å². The maximum Gasteiger partial charge on any atom is 0.235 e. The first-order valence-corrected chi connectivity index (χ1v) is 10.6. The highest BCUT2D eigenvalue weighted by Crippen LogP contribution is 2.31. The van der Waals surface area contributed by atoms with E-state index in [1.54, 1.807) is 19.9 Å². The van der Waals surface area contributed by atoms with Crippen molar-refractivity contribution in [3.05, 3.63) is 29.8 Å². The maximum atomic E-state index is 12.0. The van der Waals surface area contributed by atoms with Gasteiger partial charge in [-0.25, -0.2) is 8.42 Å². The standard InChI is InChI=1S/C19H30N4O2S/c1-16(2)26(24,25)21-18-7-5-6-17(14-18)15-23-12-9-19(8-11-20,10-13-23)22(3)4/h5-7,14,16,21H,8-10,12-13,15H2,1-4H3. The third-order valence-electron chi connectivity index (χ3n) is 5.36. The van der Waals surface area contributed by atoms with E-state index in [0.29, 0.717) is 12.1 Å². The second kappa shape index (κ2) is 8.38. The molecule has 6 nitrogen and oxygen atoms in total. The fraction of sp³-hybridized carbons (Fsp3) is 0.632. The minimum absolute atomic E-state index is 0.0278. The van der Waals surface area contributed by atoms with Gasteiger partial charge in [0.2, 0.25) is 10.0 Å². The molecule has 2 rings (SSSR count). The third-order valence-corrected chi connectivity index (χ3v) is 7.12. The van der Waals surface area contributed by atoms with Crippen LogP contribution in [-0.4, -0.2) is 56.2 Å². The van der Waals surface area contributed by atoms with Gasteiger partial charge in [0, 0.05) is 30.9 Å². The minimum Gasteiger partial charge on any atom is -0.303 e. The number of piperidine rings is 1. The van der Waals surface area contributed by atoms with Crippen LogP contribution < -0.4 is 4.72 Å². The van der Waals surface area contributed by atoms with Crippen LogP contribution in [0.1, 0.15) is 38.7 Å². The highest BCUT2D eigenvalue weighted by molar-refractivity contribution is 7.93. The highest BCUT2D eigenvalue weighted by Gasteiger charge is 2.36. The van der Waals surface area contributed by atoms with Crippen LogP contribution in [0.3, 0.4) is 0 Å². The first-order valence-electron chi connectivity index (χ1n) is 9.06. The Balaban J connectivity index is 2.01.